The number of benzene rings is 3. The van der Waals surface area contributed by atoms with Gasteiger partial charge in [0, 0.05) is 17.6 Å². The van der Waals surface area contributed by atoms with Crippen LogP contribution in [0, 0.1) is 13.8 Å². The Kier molecular flexibility index (Phi) is 7.33. The van der Waals surface area contributed by atoms with Crippen LogP contribution in [0.5, 0.6) is 5.75 Å². The number of allylic oxidation sites excluding steroid dienone is 1. The maximum atomic E-state index is 12.7. The van der Waals surface area contributed by atoms with Gasteiger partial charge >= 0.3 is 0 Å². The second-order valence-electron chi connectivity index (χ2n) is 8.06. The molecule has 1 heterocycles. The largest absolute Gasteiger partial charge is 0.482 e. The summed E-state index contributed by atoms with van der Waals surface area (Å²) < 4.78 is 8.15. The smallest absolute Gasteiger partial charge is 0.234 e. The molecule has 4 rings (SSSR count). The molecule has 0 aliphatic rings. The van der Waals surface area contributed by atoms with Crippen molar-refractivity contribution in [1.82, 2.24) is 14.8 Å². The molecule has 0 fully saturated rings. The van der Waals surface area contributed by atoms with Gasteiger partial charge in [0.25, 0.3) is 0 Å². The molecule has 0 aliphatic heterocycles. The van der Waals surface area contributed by atoms with Crippen molar-refractivity contribution >= 4 is 34.1 Å². The molecule has 0 bridgehead atoms. The van der Waals surface area contributed by atoms with Crippen molar-refractivity contribution in [3.63, 3.8) is 0 Å². The van der Waals surface area contributed by atoms with Crippen LogP contribution in [0.1, 0.15) is 30.0 Å². The van der Waals surface area contributed by atoms with Crippen LogP contribution in [0.2, 0.25) is 0 Å². The van der Waals surface area contributed by atoms with Crippen LogP contribution < -0.4 is 10.1 Å². The van der Waals surface area contributed by atoms with E-state index in [1.54, 1.807) is 6.08 Å². The van der Waals surface area contributed by atoms with Gasteiger partial charge < -0.3 is 10.1 Å². The van der Waals surface area contributed by atoms with Gasteiger partial charge in [0.15, 0.2) is 17.1 Å². The van der Waals surface area contributed by atoms with Crippen LogP contribution >= 0.6 is 11.8 Å². The summed E-state index contributed by atoms with van der Waals surface area (Å²) in [5, 5.41) is 14.5. The van der Waals surface area contributed by atoms with Gasteiger partial charge in [0.1, 0.15) is 5.75 Å². The highest BCUT2D eigenvalue weighted by atomic mass is 32.2. The van der Waals surface area contributed by atoms with Crippen molar-refractivity contribution < 1.29 is 9.53 Å². The van der Waals surface area contributed by atoms with Crippen LogP contribution in [0.3, 0.4) is 0 Å². The van der Waals surface area contributed by atoms with E-state index in [0.29, 0.717) is 17.5 Å². The minimum atomic E-state index is -0.313. The summed E-state index contributed by atoms with van der Waals surface area (Å²) in [7, 11) is 0. The third-order valence-corrected chi connectivity index (χ3v) is 6.64. The number of amides is 1. The summed E-state index contributed by atoms with van der Waals surface area (Å²) in [6, 6.07) is 19.9. The van der Waals surface area contributed by atoms with Crippen LogP contribution in [0.25, 0.3) is 10.8 Å². The highest BCUT2D eigenvalue weighted by Gasteiger charge is 2.20. The number of ether oxygens (including phenoxy) is 1. The zero-order valence-corrected chi connectivity index (χ0v) is 20.4. The van der Waals surface area contributed by atoms with Crippen LogP contribution in [-0.4, -0.2) is 26.4 Å². The van der Waals surface area contributed by atoms with Crippen molar-refractivity contribution in [3.05, 3.63) is 90.3 Å². The van der Waals surface area contributed by atoms with Crippen molar-refractivity contribution in [1.29, 1.82) is 0 Å². The number of fused-ring (bicyclic) bond motifs is 1. The minimum absolute atomic E-state index is 0.101. The molecule has 3 aromatic carbocycles. The molecular formula is C27H28N4O2S. The van der Waals surface area contributed by atoms with E-state index < -0.39 is 0 Å². The monoisotopic (exact) mass is 472 g/mol. The summed E-state index contributed by atoms with van der Waals surface area (Å²) in [5.74, 6) is 1.63. The second kappa shape index (κ2) is 10.6. The van der Waals surface area contributed by atoms with Crippen molar-refractivity contribution in [3.8, 4) is 5.75 Å². The number of anilines is 1. The number of hydrogen-bond donors (Lipinski definition) is 1. The van der Waals surface area contributed by atoms with Crippen LogP contribution in [0.15, 0.2) is 78.5 Å². The summed E-state index contributed by atoms with van der Waals surface area (Å²) in [4.78, 5) is 12.7. The molecule has 0 aliphatic carbocycles. The van der Waals surface area contributed by atoms with Gasteiger partial charge in [0.2, 0.25) is 5.91 Å². The summed E-state index contributed by atoms with van der Waals surface area (Å²) in [6.45, 7) is 10.4. The predicted octanol–water partition coefficient (Wildman–Crippen LogP) is 6.10. The van der Waals surface area contributed by atoms with Crippen molar-refractivity contribution in [2.75, 3.05) is 11.1 Å². The first-order valence-corrected chi connectivity index (χ1v) is 12.1. The fraction of sp³-hybridized carbons (Fsp3) is 0.222. The third kappa shape index (κ3) is 5.15. The van der Waals surface area contributed by atoms with Gasteiger partial charge in [-0.15, -0.1) is 16.8 Å². The summed E-state index contributed by atoms with van der Waals surface area (Å²) >= 11 is 1.34. The Morgan fingerprint density at radius 2 is 1.88 bits per heavy atom. The Hall–Kier alpha value is -3.58. The molecule has 4 aromatic rings. The zero-order chi connectivity index (χ0) is 24.1. The molecule has 6 nitrogen and oxygen atoms in total. The number of aromatic nitrogens is 3. The second-order valence-corrected chi connectivity index (χ2v) is 9.00. The van der Waals surface area contributed by atoms with E-state index in [4.69, 9.17) is 4.74 Å². The highest BCUT2D eigenvalue weighted by Crippen LogP contribution is 2.28. The van der Waals surface area contributed by atoms with Gasteiger partial charge in [-0.2, -0.15) is 0 Å². The fourth-order valence-electron chi connectivity index (χ4n) is 3.75. The molecule has 1 unspecified atom stereocenters. The topological polar surface area (TPSA) is 69.0 Å². The van der Waals surface area contributed by atoms with Crippen LogP contribution in [-0.2, 0) is 11.3 Å². The van der Waals surface area contributed by atoms with Gasteiger partial charge in [-0.3, -0.25) is 9.36 Å². The van der Waals surface area contributed by atoms with Crippen LogP contribution in [0.4, 0.5) is 5.69 Å². The Balaban J connectivity index is 1.46. The average Bonchev–Trinajstić information content (AvgIpc) is 3.24. The van der Waals surface area contributed by atoms with E-state index in [0.717, 1.165) is 27.8 Å². The van der Waals surface area contributed by atoms with Gasteiger partial charge in [-0.05, 0) is 49.4 Å². The Morgan fingerprint density at radius 3 is 2.71 bits per heavy atom. The lowest BCUT2D eigenvalue weighted by atomic mass is 10.1. The van der Waals surface area contributed by atoms with Gasteiger partial charge in [0.05, 0.1) is 5.75 Å². The molecule has 1 atom stereocenters. The number of carbonyl (C=O) groups is 1. The number of thioether (sulfide) groups is 1. The Morgan fingerprint density at radius 1 is 1.12 bits per heavy atom. The lowest BCUT2D eigenvalue weighted by molar-refractivity contribution is -0.113. The molecule has 0 radical (unpaired) electrons. The summed E-state index contributed by atoms with van der Waals surface area (Å²) in [6.07, 6.45) is 1.48. The van der Waals surface area contributed by atoms with E-state index in [-0.39, 0.29) is 17.8 Å². The number of carbonyl (C=O) groups excluding carboxylic acids is 1. The molecule has 0 saturated heterocycles. The number of aryl methyl sites for hydroxylation is 1. The zero-order valence-electron chi connectivity index (χ0n) is 19.6. The Labute approximate surface area is 204 Å². The molecule has 1 N–H and O–H groups in total. The maximum absolute atomic E-state index is 12.7. The van der Waals surface area contributed by atoms with Crippen molar-refractivity contribution in [2.45, 2.75) is 38.6 Å². The molecule has 1 aromatic heterocycles. The van der Waals surface area contributed by atoms with E-state index in [2.05, 4.69) is 35.1 Å². The number of nitrogens with zero attached hydrogens (tertiary/aromatic N) is 3. The average molecular weight is 473 g/mol. The molecule has 174 valence electrons. The Bertz CT molecular complexity index is 1330. The fourth-order valence-corrected chi connectivity index (χ4v) is 4.51. The maximum Gasteiger partial charge on any atom is 0.234 e. The molecular weight excluding hydrogens is 444 g/mol. The standard InChI is InChI=1S/C27H28N4O2S/c1-5-16-31-26(20(4)33-24-15-8-10-18(2)19(24)3)29-30-27(31)34-17-25(32)28-23-14-9-12-21-11-6-7-13-22(21)23/h5-15,20H,1,16-17H2,2-4H3,(H,28,32). The first kappa shape index (κ1) is 23.6. The molecule has 34 heavy (non-hydrogen) atoms. The highest BCUT2D eigenvalue weighted by molar-refractivity contribution is 7.99. The molecule has 0 saturated carbocycles. The van der Waals surface area contributed by atoms with Gasteiger partial charge in [-0.1, -0.05) is 66.4 Å². The summed E-state index contributed by atoms with van der Waals surface area (Å²) in [5.41, 5.74) is 3.07. The van der Waals surface area contributed by atoms with E-state index in [1.165, 1.54) is 17.3 Å². The number of hydrogen-bond acceptors (Lipinski definition) is 5. The van der Waals surface area contributed by atoms with Crippen molar-refractivity contribution in [2.24, 2.45) is 0 Å². The third-order valence-electron chi connectivity index (χ3n) is 5.68. The minimum Gasteiger partial charge on any atom is -0.482 e. The van der Waals surface area contributed by atoms with E-state index in [1.807, 2.05) is 73.0 Å². The number of nitrogens with one attached hydrogen (secondary N) is 1. The number of rotatable bonds is 9. The lowest BCUT2D eigenvalue weighted by Crippen LogP contribution is -2.16. The first-order valence-electron chi connectivity index (χ1n) is 11.1. The molecule has 7 heteroatoms. The first-order chi connectivity index (χ1) is 16.5. The van der Waals surface area contributed by atoms with Gasteiger partial charge in [-0.25, -0.2) is 0 Å². The SMILES string of the molecule is C=CCn1c(SCC(=O)Nc2cccc3ccccc23)nnc1C(C)Oc1cccc(C)c1C. The molecule has 0 spiro atoms. The normalized spacial score (nSPS) is 11.9. The lowest BCUT2D eigenvalue weighted by Gasteiger charge is -2.18. The van der Waals surface area contributed by atoms with E-state index >= 15 is 0 Å². The van der Waals surface area contributed by atoms with E-state index in [9.17, 15) is 4.79 Å². The quantitative estimate of drug-likeness (QED) is 0.235. The predicted molar refractivity (Wildman–Crippen MR) is 138 cm³/mol. The molecule has 1 amide bonds.